The molecule has 0 fully saturated rings. The van der Waals surface area contributed by atoms with Crippen LogP contribution in [0.1, 0.15) is 12.5 Å². The number of nitro groups is 1. The minimum absolute atomic E-state index is 0.0339. The molecule has 104 valence electrons. The van der Waals surface area contributed by atoms with E-state index in [9.17, 15) is 14.9 Å². The summed E-state index contributed by atoms with van der Waals surface area (Å²) < 4.78 is 5.28. The van der Waals surface area contributed by atoms with Gasteiger partial charge >= 0.3 is 5.97 Å². The standard InChI is InChI=1S/C12H15BrN2O4/c1-3-14(8-12(16)19-2)7-9-4-5-10(15(17)18)6-11(9)13/h4-6H,3,7-8H2,1-2H3. The van der Waals surface area contributed by atoms with E-state index in [4.69, 9.17) is 0 Å². The molecule has 0 bridgehead atoms. The summed E-state index contributed by atoms with van der Waals surface area (Å²) in [7, 11) is 1.35. The van der Waals surface area contributed by atoms with Crippen molar-refractivity contribution in [1.29, 1.82) is 0 Å². The van der Waals surface area contributed by atoms with Gasteiger partial charge in [-0.3, -0.25) is 19.8 Å². The second kappa shape index (κ2) is 7.20. The van der Waals surface area contributed by atoms with E-state index in [-0.39, 0.29) is 18.2 Å². The van der Waals surface area contributed by atoms with Crippen molar-refractivity contribution in [3.05, 3.63) is 38.3 Å². The first-order valence-electron chi connectivity index (χ1n) is 5.70. The van der Waals surface area contributed by atoms with Gasteiger partial charge in [-0.2, -0.15) is 0 Å². The van der Waals surface area contributed by atoms with Gasteiger partial charge in [0.05, 0.1) is 18.6 Å². The van der Waals surface area contributed by atoms with Crippen molar-refractivity contribution in [2.24, 2.45) is 0 Å². The van der Waals surface area contributed by atoms with Crippen molar-refractivity contribution in [3.63, 3.8) is 0 Å². The highest BCUT2D eigenvalue weighted by atomic mass is 79.9. The number of carbonyl (C=O) groups is 1. The number of esters is 1. The van der Waals surface area contributed by atoms with E-state index in [1.54, 1.807) is 6.07 Å². The van der Waals surface area contributed by atoms with Gasteiger partial charge in [0.1, 0.15) is 0 Å². The molecule has 0 saturated carbocycles. The van der Waals surface area contributed by atoms with Crippen LogP contribution in [0.5, 0.6) is 0 Å². The van der Waals surface area contributed by atoms with Gasteiger partial charge in [0, 0.05) is 23.2 Å². The Bertz CT molecular complexity index is 479. The van der Waals surface area contributed by atoms with Gasteiger partial charge < -0.3 is 4.74 Å². The number of hydrogen-bond donors (Lipinski definition) is 0. The SMILES string of the molecule is CCN(CC(=O)OC)Cc1ccc([N+](=O)[O-])cc1Br. The molecule has 1 aromatic carbocycles. The lowest BCUT2D eigenvalue weighted by atomic mass is 10.2. The first-order chi connectivity index (χ1) is 8.97. The molecule has 0 amide bonds. The molecule has 0 saturated heterocycles. The molecule has 7 heteroatoms. The number of likely N-dealkylation sites (N-methyl/N-ethyl adjacent to an activating group) is 1. The van der Waals surface area contributed by atoms with Gasteiger partial charge in [0.15, 0.2) is 0 Å². The van der Waals surface area contributed by atoms with Crippen LogP contribution < -0.4 is 0 Å². The van der Waals surface area contributed by atoms with Gasteiger partial charge in [-0.15, -0.1) is 0 Å². The molecule has 0 aliphatic heterocycles. The largest absolute Gasteiger partial charge is 0.468 e. The zero-order valence-electron chi connectivity index (χ0n) is 10.8. The summed E-state index contributed by atoms with van der Waals surface area (Å²) >= 11 is 3.31. The lowest BCUT2D eigenvalue weighted by Gasteiger charge is -2.19. The first-order valence-corrected chi connectivity index (χ1v) is 6.49. The number of nitro benzene ring substituents is 1. The zero-order valence-corrected chi connectivity index (χ0v) is 12.3. The molecule has 0 atom stereocenters. The highest BCUT2D eigenvalue weighted by Crippen LogP contribution is 2.24. The van der Waals surface area contributed by atoms with Crippen LogP contribution in [0.25, 0.3) is 0 Å². The van der Waals surface area contributed by atoms with Crippen LogP contribution in [-0.4, -0.2) is 36.0 Å². The number of rotatable bonds is 6. The Balaban J connectivity index is 2.80. The number of halogens is 1. The Morgan fingerprint density at radius 3 is 2.68 bits per heavy atom. The van der Waals surface area contributed by atoms with E-state index >= 15 is 0 Å². The number of benzene rings is 1. The van der Waals surface area contributed by atoms with E-state index in [1.165, 1.54) is 19.2 Å². The summed E-state index contributed by atoms with van der Waals surface area (Å²) in [6.07, 6.45) is 0. The van der Waals surface area contributed by atoms with Crippen molar-refractivity contribution in [1.82, 2.24) is 4.90 Å². The van der Waals surface area contributed by atoms with Crippen molar-refractivity contribution in [2.45, 2.75) is 13.5 Å². The quantitative estimate of drug-likeness (QED) is 0.454. The molecule has 1 rings (SSSR count). The average Bonchev–Trinajstić information content (AvgIpc) is 2.39. The molecule has 0 aliphatic rings. The highest BCUT2D eigenvalue weighted by molar-refractivity contribution is 9.10. The molecule has 6 nitrogen and oxygen atoms in total. The molecule has 1 aromatic rings. The Labute approximate surface area is 119 Å². The maximum atomic E-state index is 11.2. The predicted molar refractivity (Wildman–Crippen MR) is 73.8 cm³/mol. The van der Waals surface area contributed by atoms with E-state index in [1.807, 2.05) is 11.8 Å². The summed E-state index contributed by atoms with van der Waals surface area (Å²) in [5, 5.41) is 10.6. The van der Waals surface area contributed by atoms with Gasteiger partial charge in [-0.25, -0.2) is 0 Å². The lowest BCUT2D eigenvalue weighted by Crippen LogP contribution is -2.30. The summed E-state index contributed by atoms with van der Waals surface area (Å²) in [4.78, 5) is 23.3. The van der Waals surface area contributed by atoms with Gasteiger partial charge in [0.2, 0.25) is 0 Å². The first kappa shape index (κ1) is 15.6. The molecule has 0 spiro atoms. The van der Waals surface area contributed by atoms with Crippen LogP contribution >= 0.6 is 15.9 Å². The zero-order chi connectivity index (χ0) is 14.4. The van der Waals surface area contributed by atoms with E-state index < -0.39 is 4.92 Å². The number of methoxy groups -OCH3 is 1. The van der Waals surface area contributed by atoms with Gasteiger partial charge in [-0.05, 0) is 18.2 Å². The molecule has 0 aromatic heterocycles. The second-order valence-corrected chi connectivity index (χ2v) is 4.77. The van der Waals surface area contributed by atoms with Gasteiger partial charge in [0.25, 0.3) is 5.69 Å². The third-order valence-electron chi connectivity index (χ3n) is 2.67. The number of ether oxygens (including phenoxy) is 1. The summed E-state index contributed by atoms with van der Waals surface area (Å²) in [5.74, 6) is -0.306. The Morgan fingerprint density at radius 2 is 2.21 bits per heavy atom. The third-order valence-corrected chi connectivity index (χ3v) is 3.41. The minimum Gasteiger partial charge on any atom is -0.468 e. The van der Waals surface area contributed by atoms with Crippen LogP contribution in [-0.2, 0) is 16.1 Å². The normalized spacial score (nSPS) is 10.5. The average molecular weight is 331 g/mol. The van der Waals surface area contributed by atoms with Gasteiger partial charge in [-0.1, -0.05) is 22.9 Å². The number of nitrogens with zero attached hydrogens (tertiary/aromatic N) is 2. The van der Waals surface area contributed by atoms with E-state index in [0.717, 1.165) is 5.56 Å². The lowest BCUT2D eigenvalue weighted by molar-refractivity contribution is -0.384. The van der Waals surface area contributed by atoms with Crippen LogP contribution in [0.2, 0.25) is 0 Å². The summed E-state index contributed by atoms with van der Waals surface area (Å²) in [6, 6.07) is 4.59. The molecule has 19 heavy (non-hydrogen) atoms. The van der Waals surface area contributed by atoms with E-state index in [0.29, 0.717) is 17.6 Å². The second-order valence-electron chi connectivity index (χ2n) is 3.91. The number of hydrogen-bond acceptors (Lipinski definition) is 5. The van der Waals surface area contributed by atoms with Crippen LogP contribution in [0.15, 0.2) is 22.7 Å². The van der Waals surface area contributed by atoms with E-state index in [2.05, 4.69) is 20.7 Å². The fourth-order valence-electron chi connectivity index (χ4n) is 1.55. The van der Waals surface area contributed by atoms with Crippen molar-refractivity contribution in [3.8, 4) is 0 Å². The van der Waals surface area contributed by atoms with Crippen molar-refractivity contribution >= 4 is 27.6 Å². The van der Waals surface area contributed by atoms with Crippen molar-refractivity contribution < 1.29 is 14.5 Å². The molecule has 0 aliphatic carbocycles. The molecular weight excluding hydrogens is 316 g/mol. The minimum atomic E-state index is -0.444. The fraction of sp³-hybridized carbons (Fsp3) is 0.417. The smallest absolute Gasteiger partial charge is 0.319 e. The summed E-state index contributed by atoms with van der Waals surface area (Å²) in [5.41, 5.74) is 0.919. The third kappa shape index (κ3) is 4.60. The Morgan fingerprint density at radius 1 is 1.53 bits per heavy atom. The van der Waals surface area contributed by atoms with Crippen LogP contribution in [0.3, 0.4) is 0 Å². The molecule has 0 radical (unpaired) electrons. The Kier molecular flexibility index (Phi) is 5.91. The predicted octanol–water partition coefficient (Wildman–Crippen LogP) is 2.35. The van der Waals surface area contributed by atoms with Crippen molar-refractivity contribution in [2.75, 3.05) is 20.2 Å². The van der Waals surface area contributed by atoms with Crippen LogP contribution in [0, 0.1) is 10.1 Å². The molecule has 0 unspecified atom stereocenters. The number of carbonyl (C=O) groups excluding carboxylic acids is 1. The maximum Gasteiger partial charge on any atom is 0.319 e. The molecular formula is C12H15BrN2O4. The molecule has 0 N–H and O–H groups in total. The van der Waals surface area contributed by atoms with Crippen LogP contribution in [0.4, 0.5) is 5.69 Å². The maximum absolute atomic E-state index is 11.2. The summed E-state index contributed by atoms with van der Waals surface area (Å²) in [6.45, 7) is 3.32. The monoisotopic (exact) mass is 330 g/mol. The topological polar surface area (TPSA) is 72.7 Å². The fourth-order valence-corrected chi connectivity index (χ4v) is 2.04. The molecule has 0 heterocycles. The Hall–Kier alpha value is -1.47. The number of non-ortho nitro benzene ring substituents is 1. The highest BCUT2D eigenvalue weighted by Gasteiger charge is 2.13.